The highest BCUT2D eigenvalue weighted by Gasteiger charge is 2.32. The van der Waals surface area contributed by atoms with E-state index in [0.717, 1.165) is 52.5 Å². The molecule has 0 N–H and O–H groups in total. The fourth-order valence-electron chi connectivity index (χ4n) is 4.73. The fourth-order valence-corrected chi connectivity index (χ4v) is 5.95. The van der Waals surface area contributed by atoms with Gasteiger partial charge >= 0.3 is 0 Å². The molecule has 7 heteroatoms. The molecule has 6 nitrogen and oxygen atoms in total. The number of methoxy groups -OCH3 is 1. The van der Waals surface area contributed by atoms with Gasteiger partial charge in [-0.05, 0) is 77.6 Å². The maximum atomic E-state index is 9.84. The smallest absolute Gasteiger partial charge is 0.231 e. The van der Waals surface area contributed by atoms with Crippen LogP contribution in [-0.2, 0) is 19.4 Å². The molecule has 1 aliphatic carbocycles. The van der Waals surface area contributed by atoms with Gasteiger partial charge in [0.25, 0.3) is 0 Å². The fraction of sp³-hybridized carbons (Fsp3) is 0.379. The Bertz CT molecular complexity index is 1350. The summed E-state index contributed by atoms with van der Waals surface area (Å²) < 4.78 is 22.4. The summed E-state index contributed by atoms with van der Waals surface area (Å²) in [6.07, 6.45) is 4.89. The number of fused-ring (bicyclic) bond motifs is 2. The number of ether oxygens (including phenoxy) is 4. The van der Waals surface area contributed by atoms with Gasteiger partial charge in [0.1, 0.15) is 17.7 Å². The van der Waals surface area contributed by atoms with Crippen LogP contribution in [0.15, 0.2) is 41.4 Å². The number of hydrogen-bond acceptors (Lipinski definition) is 7. The van der Waals surface area contributed by atoms with Crippen molar-refractivity contribution < 1.29 is 18.9 Å². The lowest BCUT2D eigenvalue weighted by atomic mass is 9.72. The second-order valence-corrected chi connectivity index (χ2v) is 11.3. The van der Waals surface area contributed by atoms with Crippen molar-refractivity contribution >= 4 is 22.6 Å². The highest BCUT2D eigenvalue weighted by atomic mass is 32.1. The van der Waals surface area contributed by atoms with Crippen LogP contribution in [0.25, 0.3) is 0 Å². The zero-order valence-corrected chi connectivity index (χ0v) is 21.9. The number of nitriles is 1. The lowest BCUT2D eigenvalue weighted by molar-refractivity contribution is 0.174. The van der Waals surface area contributed by atoms with Crippen molar-refractivity contribution in [1.29, 1.82) is 5.26 Å². The van der Waals surface area contributed by atoms with Gasteiger partial charge in [-0.3, -0.25) is 0 Å². The third kappa shape index (κ3) is 4.91. The van der Waals surface area contributed by atoms with Crippen LogP contribution >= 0.6 is 11.3 Å². The summed E-state index contributed by atoms with van der Waals surface area (Å²) >= 11 is 1.66. The number of aliphatic imine (C=N–C) groups is 1. The molecule has 0 unspecified atom stereocenters. The van der Waals surface area contributed by atoms with Crippen molar-refractivity contribution in [2.75, 3.05) is 13.9 Å². The number of rotatable bonds is 6. The first-order chi connectivity index (χ1) is 17.4. The van der Waals surface area contributed by atoms with Gasteiger partial charge in [-0.1, -0.05) is 26.8 Å². The van der Waals surface area contributed by atoms with Crippen molar-refractivity contribution in [2.24, 2.45) is 16.3 Å². The molecule has 1 aliphatic heterocycles. The molecule has 0 saturated heterocycles. The summed E-state index contributed by atoms with van der Waals surface area (Å²) in [6.45, 7) is 7.53. The summed E-state index contributed by atoms with van der Waals surface area (Å²) in [6, 6.07) is 13.9. The molecule has 0 amide bonds. The first kappa shape index (κ1) is 24.2. The molecule has 36 heavy (non-hydrogen) atoms. The van der Waals surface area contributed by atoms with Crippen LogP contribution in [0.4, 0.5) is 5.00 Å². The van der Waals surface area contributed by atoms with E-state index in [1.807, 2.05) is 36.4 Å². The average Bonchev–Trinajstić information content (AvgIpc) is 3.48. The first-order valence-electron chi connectivity index (χ1n) is 12.1. The van der Waals surface area contributed by atoms with Gasteiger partial charge in [0.05, 0.1) is 12.7 Å². The van der Waals surface area contributed by atoms with Gasteiger partial charge in [-0.2, -0.15) is 5.26 Å². The quantitative estimate of drug-likeness (QED) is 0.345. The third-order valence-corrected chi connectivity index (χ3v) is 8.10. The number of benzene rings is 2. The third-order valence-electron chi connectivity index (χ3n) is 6.93. The Hall–Kier alpha value is -3.50. The molecular weight excluding hydrogens is 472 g/mol. The van der Waals surface area contributed by atoms with Crippen molar-refractivity contribution in [2.45, 2.75) is 46.6 Å². The van der Waals surface area contributed by atoms with Crippen molar-refractivity contribution in [3.05, 3.63) is 63.5 Å². The van der Waals surface area contributed by atoms with Crippen LogP contribution in [0.2, 0.25) is 0 Å². The molecule has 0 spiro atoms. The lowest BCUT2D eigenvalue weighted by Gasteiger charge is -2.33. The van der Waals surface area contributed by atoms with Crippen molar-refractivity contribution in [1.82, 2.24) is 0 Å². The van der Waals surface area contributed by atoms with E-state index in [2.05, 4.69) is 26.8 Å². The van der Waals surface area contributed by atoms with E-state index in [-0.39, 0.29) is 12.2 Å². The summed E-state index contributed by atoms with van der Waals surface area (Å²) in [5, 5.41) is 10.6. The van der Waals surface area contributed by atoms with Crippen LogP contribution in [0.1, 0.15) is 54.3 Å². The van der Waals surface area contributed by atoms with E-state index in [1.54, 1.807) is 24.7 Å². The average molecular weight is 503 g/mol. The Morgan fingerprint density at radius 3 is 2.75 bits per heavy atom. The Morgan fingerprint density at radius 1 is 1.14 bits per heavy atom. The van der Waals surface area contributed by atoms with Crippen molar-refractivity contribution in [3.8, 4) is 29.1 Å². The minimum absolute atomic E-state index is 0.248. The number of hydrogen-bond donors (Lipinski definition) is 0. The van der Waals surface area contributed by atoms with E-state index in [0.29, 0.717) is 24.0 Å². The topological polar surface area (TPSA) is 73.1 Å². The number of nitrogens with zero attached hydrogens (tertiary/aromatic N) is 2. The molecule has 0 saturated carbocycles. The molecule has 3 aromatic rings. The molecule has 1 atom stereocenters. The predicted octanol–water partition coefficient (Wildman–Crippen LogP) is 6.84. The van der Waals surface area contributed by atoms with E-state index in [9.17, 15) is 5.26 Å². The Balaban J connectivity index is 1.31. The second-order valence-electron chi connectivity index (χ2n) is 10.2. The summed E-state index contributed by atoms with van der Waals surface area (Å²) in [4.78, 5) is 6.03. The summed E-state index contributed by atoms with van der Waals surface area (Å²) in [5.41, 5.74) is 4.05. The largest absolute Gasteiger partial charge is 0.493 e. The molecular formula is C29H30N2O4S. The molecule has 2 heterocycles. The van der Waals surface area contributed by atoms with Crippen LogP contribution < -0.4 is 18.9 Å². The van der Waals surface area contributed by atoms with Crippen LogP contribution in [0, 0.1) is 22.7 Å². The maximum absolute atomic E-state index is 9.84. The Kier molecular flexibility index (Phi) is 6.63. The predicted molar refractivity (Wildman–Crippen MR) is 141 cm³/mol. The zero-order chi connectivity index (χ0) is 25.3. The van der Waals surface area contributed by atoms with Crippen LogP contribution in [0.3, 0.4) is 0 Å². The molecule has 186 valence electrons. The Labute approximate surface area is 216 Å². The summed E-state index contributed by atoms with van der Waals surface area (Å²) in [5.74, 6) is 3.38. The molecule has 1 aromatic heterocycles. The SMILES string of the molecule is COc1cc(C=Nc2sc3c(c2C#N)CC[C@@H](C(C)(C)C)C3)ccc1OCc1ccc2c(c1)OCO2. The van der Waals surface area contributed by atoms with Gasteiger partial charge in [0.2, 0.25) is 6.79 Å². The first-order valence-corrected chi connectivity index (χ1v) is 13.0. The van der Waals surface area contributed by atoms with E-state index < -0.39 is 0 Å². The maximum Gasteiger partial charge on any atom is 0.231 e. The Morgan fingerprint density at radius 2 is 1.97 bits per heavy atom. The molecule has 0 bridgehead atoms. The van der Waals surface area contributed by atoms with E-state index >= 15 is 0 Å². The van der Waals surface area contributed by atoms with Gasteiger partial charge in [-0.15, -0.1) is 11.3 Å². The van der Waals surface area contributed by atoms with Gasteiger partial charge < -0.3 is 18.9 Å². The standard InChI is InChI=1S/C29H30N2O4S/c1-29(2,3)20-7-8-21-22(14-30)28(36-27(21)13-20)31-15-18-5-9-23(25(11-18)32-4)33-16-19-6-10-24-26(12-19)35-17-34-24/h5-6,9-12,15,20H,7-8,13,16-17H2,1-4H3/t20-/m1/s1. The van der Waals surface area contributed by atoms with Gasteiger partial charge in [-0.25, -0.2) is 4.99 Å². The minimum atomic E-state index is 0.248. The number of thiophene rings is 1. The molecule has 0 radical (unpaired) electrons. The molecule has 0 fully saturated rings. The van der Waals surface area contributed by atoms with E-state index in [4.69, 9.17) is 23.9 Å². The highest BCUT2D eigenvalue weighted by molar-refractivity contribution is 7.16. The van der Waals surface area contributed by atoms with Gasteiger partial charge in [0.15, 0.2) is 23.0 Å². The van der Waals surface area contributed by atoms with E-state index in [1.165, 1.54) is 10.4 Å². The monoisotopic (exact) mass is 502 g/mol. The second kappa shape index (κ2) is 9.87. The summed E-state index contributed by atoms with van der Waals surface area (Å²) in [7, 11) is 1.62. The van der Waals surface area contributed by atoms with Gasteiger partial charge in [0, 0.05) is 11.1 Å². The minimum Gasteiger partial charge on any atom is -0.493 e. The molecule has 5 rings (SSSR count). The molecule has 2 aliphatic rings. The van der Waals surface area contributed by atoms with Crippen LogP contribution in [-0.4, -0.2) is 20.1 Å². The lowest BCUT2D eigenvalue weighted by Crippen LogP contribution is -2.26. The highest BCUT2D eigenvalue weighted by Crippen LogP contribution is 2.45. The van der Waals surface area contributed by atoms with Crippen LogP contribution in [0.5, 0.6) is 23.0 Å². The normalized spacial score (nSPS) is 16.6. The van der Waals surface area contributed by atoms with Crippen molar-refractivity contribution in [3.63, 3.8) is 0 Å². The zero-order valence-electron chi connectivity index (χ0n) is 21.1. The molecule has 2 aromatic carbocycles.